The zero-order valence-corrected chi connectivity index (χ0v) is 21.9. The minimum absolute atomic E-state index is 0.0316. The fourth-order valence-electron chi connectivity index (χ4n) is 3.05. The minimum Gasteiger partial charge on any atom is -0.481 e. The van der Waals surface area contributed by atoms with E-state index in [0.29, 0.717) is 0 Å². The Bertz CT molecular complexity index is 1010. The van der Waals surface area contributed by atoms with Gasteiger partial charge in [0.05, 0.1) is 26.0 Å². The third-order valence-electron chi connectivity index (χ3n) is 4.90. The number of carboxylic acids is 3. The molecule has 0 saturated carbocycles. The van der Waals surface area contributed by atoms with Gasteiger partial charge in [0, 0.05) is 13.5 Å². The predicted molar refractivity (Wildman–Crippen MR) is 136 cm³/mol. The first-order valence-corrected chi connectivity index (χ1v) is 11.8. The standard InChI is InChI=1S/C21H34N8O12/c1-9(31)26-11(5-15(33)34)18(38)28-10(3-2-4-24-21(22)23)17(37)25-7-14(32)27-12(6-16(35)36)19(39)29-13(8-30)20(40)41/h10-13,30H,2-8H2,1H3,(H,25,37)(H,26,31)(H,27,32)(H,28,38)(H,29,39)(H,33,34)(H,35,36)(H,40,41)(H4,22,23,24)/t10-,11-,12-,13-/m0/s1. The molecular formula is C21H34N8O12. The van der Waals surface area contributed by atoms with Crippen molar-refractivity contribution in [1.29, 1.82) is 0 Å². The maximum Gasteiger partial charge on any atom is 0.328 e. The van der Waals surface area contributed by atoms with Crippen LogP contribution in [-0.2, 0) is 38.4 Å². The Morgan fingerprint density at radius 1 is 0.732 bits per heavy atom. The number of aliphatic hydroxyl groups is 1. The van der Waals surface area contributed by atoms with Crippen molar-refractivity contribution in [2.75, 3.05) is 19.7 Å². The van der Waals surface area contributed by atoms with E-state index in [1.807, 2.05) is 10.6 Å². The Morgan fingerprint density at radius 3 is 1.68 bits per heavy atom. The van der Waals surface area contributed by atoms with Gasteiger partial charge in [-0.3, -0.25) is 38.6 Å². The van der Waals surface area contributed by atoms with E-state index >= 15 is 0 Å². The van der Waals surface area contributed by atoms with Gasteiger partial charge in [0.1, 0.15) is 24.2 Å². The second kappa shape index (κ2) is 18.3. The molecule has 0 aromatic carbocycles. The Balaban J connectivity index is 5.51. The minimum atomic E-state index is -1.78. The molecule has 0 unspecified atom stereocenters. The van der Waals surface area contributed by atoms with E-state index < -0.39 is 97.6 Å². The zero-order valence-electron chi connectivity index (χ0n) is 21.9. The number of hydrogen-bond donors (Lipinski definition) is 11. The van der Waals surface area contributed by atoms with Crippen molar-refractivity contribution < 1.29 is 58.8 Å². The first kappa shape index (κ1) is 36.0. The molecule has 0 saturated heterocycles. The summed E-state index contributed by atoms with van der Waals surface area (Å²) >= 11 is 0. The molecule has 0 heterocycles. The van der Waals surface area contributed by atoms with Crippen LogP contribution < -0.4 is 38.1 Å². The van der Waals surface area contributed by atoms with Crippen LogP contribution in [-0.4, -0.2) is 118 Å². The van der Waals surface area contributed by atoms with Crippen molar-refractivity contribution in [3.63, 3.8) is 0 Å². The van der Waals surface area contributed by atoms with Crippen LogP contribution in [0.5, 0.6) is 0 Å². The van der Waals surface area contributed by atoms with E-state index in [-0.39, 0.29) is 25.3 Å². The van der Waals surface area contributed by atoms with Gasteiger partial charge in [-0.05, 0) is 12.8 Å². The van der Waals surface area contributed by atoms with Gasteiger partial charge in [0.15, 0.2) is 5.96 Å². The van der Waals surface area contributed by atoms with Gasteiger partial charge in [-0.25, -0.2) is 4.79 Å². The van der Waals surface area contributed by atoms with Crippen LogP contribution in [0.1, 0.15) is 32.6 Å². The number of aliphatic carboxylic acids is 3. The molecule has 230 valence electrons. The van der Waals surface area contributed by atoms with Gasteiger partial charge in [0.2, 0.25) is 29.5 Å². The maximum absolute atomic E-state index is 12.8. The quantitative estimate of drug-likeness (QED) is 0.0379. The average Bonchev–Trinajstić information content (AvgIpc) is 2.85. The number of amides is 5. The van der Waals surface area contributed by atoms with Crippen LogP contribution in [0.25, 0.3) is 0 Å². The molecule has 0 aliphatic rings. The summed E-state index contributed by atoms with van der Waals surface area (Å²) in [6.07, 6.45) is -1.76. The van der Waals surface area contributed by atoms with Crippen LogP contribution in [0, 0.1) is 0 Å². The van der Waals surface area contributed by atoms with Crippen LogP contribution >= 0.6 is 0 Å². The second-order valence-electron chi connectivity index (χ2n) is 8.38. The largest absolute Gasteiger partial charge is 0.481 e. The molecule has 41 heavy (non-hydrogen) atoms. The third kappa shape index (κ3) is 15.9. The summed E-state index contributed by atoms with van der Waals surface area (Å²) in [4.78, 5) is 98.3. The van der Waals surface area contributed by atoms with Crippen LogP contribution in [0.3, 0.4) is 0 Å². The van der Waals surface area contributed by atoms with Crippen molar-refractivity contribution >= 4 is 53.4 Å². The van der Waals surface area contributed by atoms with Crippen LogP contribution in [0.4, 0.5) is 0 Å². The van der Waals surface area contributed by atoms with Gasteiger partial charge in [-0.1, -0.05) is 0 Å². The molecule has 0 rings (SSSR count). The Labute approximate surface area is 232 Å². The fourth-order valence-corrected chi connectivity index (χ4v) is 3.05. The Morgan fingerprint density at radius 2 is 1.24 bits per heavy atom. The van der Waals surface area contributed by atoms with Gasteiger partial charge >= 0.3 is 17.9 Å². The molecule has 4 atom stereocenters. The first-order chi connectivity index (χ1) is 19.1. The molecule has 0 aromatic heterocycles. The van der Waals surface area contributed by atoms with Crippen molar-refractivity contribution in [2.45, 2.75) is 56.8 Å². The van der Waals surface area contributed by atoms with E-state index in [2.05, 4.69) is 20.9 Å². The lowest BCUT2D eigenvalue weighted by Gasteiger charge is -2.22. The second-order valence-corrected chi connectivity index (χ2v) is 8.38. The Kier molecular flexibility index (Phi) is 16.1. The maximum atomic E-state index is 12.8. The number of nitrogens with zero attached hydrogens (tertiary/aromatic N) is 1. The topological polar surface area (TPSA) is 342 Å². The van der Waals surface area contributed by atoms with Crippen molar-refractivity contribution in [2.24, 2.45) is 16.5 Å². The average molecular weight is 591 g/mol. The molecule has 20 heteroatoms. The van der Waals surface area contributed by atoms with Crippen LogP contribution in [0.15, 0.2) is 4.99 Å². The number of hydrogen-bond acceptors (Lipinski definition) is 10. The molecule has 0 aliphatic carbocycles. The number of carbonyl (C=O) groups is 8. The first-order valence-electron chi connectivity index (χ1n) is 11.8. The molecule has 0 radical (unpaired) electrons. The van der Waals surface area contributed by atoms with E-state index in [9.17, 15) is 38.4 Å². The monoisotopic (exact) mass is 590 g/mol. The molecule has 0 bridgehead atoms. The summed E-state index contributed by atoms with van der Waals surface area (Å²) in [5, 5.41) is 46.4. The van der Waals surface area contributed by atoms with Crippen molar-refractivity contribution in [3.8, 4) is 0 Å². The summed E-state index contributed by atoms with van der Waals surface area (Å²) in [7, 11) is 0. The lowest BCUT2D eigenvalue weighted by molar-refractivity contribution is -0.144. The van der Waals surface area contributed by atoms with Gasteiger partial charge < -0.3 is 58.5 Å². The molecule has 13 N–H and O–H groups in total. The van der Waals surface area contributed by atoms with Crippen LogP contribution in [0.2, 0.25) is 0 Å². The number of rotatable bonds is 19. The predicted octanol–water partition coefficient (Wildman–Crippen LogP) is -5.86. The molecular weight excluding hydrogens is 556 g/mol. The number of nitrogens with one attached hydrogen (secondary N) is 5. The third-order valence-corrected chi connectivity index (χ3v) is 4.90. The van der Waals surface area contributed by atoms with Gasteiger partial charge in [-0.2, -0.15) is 0 Å². The zero-order chi connectivity index (χ0) is 31.7. The summed E-state index contributed by atoms with van der Waals surface area (Å²) in [6.45, 7) is -0.779. The lowest BCUT2D eigenvalue weighted by atomic mass is 10.1. The molecule has 0 aliphatic heterocycles. The highest BCUT2D eigenvalue weighted by Crippen LogP contribution is 2.02. The highest BCUT2D eigenvalue weighted by atomic mass is 16.4. The molecule has 0 aromatic rings. The highest BCUT2D eigenvalue weighted by Gasteiger charge is 2.30. The van der Waals surface area contributed by atoms with Gasteiger partial charge in [0.25, 0.3) is 0 Å². The number of aliphatic imine (C=N–C) groups is 1. The summed E-state index contributed by atoms with van der Waals surface area (Å²) in [5.74, 6) is -9.83. The highest BCUT2D eigenvalue weighted by molar-refractivity contribution is 5.96. The number of guanidine groups is 1. The molecule has 0 fully saturated rings. The van der Waals surface area contributed by atoms with Crippen molar-refractivity contribution in [3.05, 3.63) is 0 Å². The SMILES string of the molecule is CC(=O)N[C@@H](CC(=O)O)C(=O)N[C@@H](CCCN=C(N)N)C(=O)NCC(=O)N[C@@H](CC(=O)O)C(=O)N[C@@H](CO)C(=O)O. The summed E-state index contributed by atoms with van der Waals surface area (Å²) < 4.78 is 0. The van der Waals surface area contributed by atoms with Crippen molar-refractivity contribution in [1.82, 2.24) is 26.6 Å². The summed E-state index contributed by atoms with van der Waals surface area (Å²) in [5.41, 5.74) is 10.5. The molecule has 5 amide bonds. The van der Waals surface area contributed by atoms with Gasteiger partial charge in [-0.15, -0.1) is 0 Å². The van der Waals surface area contributed by atoms with E-state index in [1.54, 1.807) is 0 Å². The fraction of sp³-hybridized carbons (Fsp3) is 0.571. The molecule has 0 spiro atoms. The van der Waals surface area contributed by atoms with E-state index in [4.69, 9.17) is 31.9 Å². The van der Waals surface area contributed by atoms with E-state index in [0.717, 1.165) is 6.92 Å². The normalized spacial score (nSPS) is 13.2. The molecule has 20 nitrogen and oxygen atoms in total. The lowest BCUT2D eigenvalue weighted by Crippen LogP contribution is -2.56. The Hall–Kier alpha value is -5.01. The number of nitrogens with two attached hydrogens (primary N) is 2. The smallest absolute Gasteiger partial charge is 0.328 e. The van der Waals surface area contributed by atoms with E-state index in [1.165, 1.54) is 0 Å². The number of carboxylic acid groups (broad SMARTS) is 3. The number of aliphatic hydroxyl groups excluding tert-OH is 1. The summed E-state index contributed by atoms with van der Waals surface area (Å²) in [6, 6.07) is -6.48. The number of carbonyl (C=O) groups excluding carboxylic acids is 5.